The van der Waals surface area contributed by atoms with Gasteiger partial charge in [0.25, 0.3) is 0 Å². The molecule has 5 heteroatoms. The number of fused-ring (bicyclic) bond motifs is 1. The zero-order chi connectivity index (χ0) is 14.1. The van der Waals surface area contributed by atoms with Crippen molar-refractivity contribution in [3.05, 3.63) is 47.3 Å². The summed E-state index contributed by atoms with van der Waals surface area (Å²) in [5, 5.41) is 7.35. The lowest BCUT2D eigenvalue weighted by atomic mass is 9.96. The minimum Gasteiger partial charge on any atom is -0.361 e. The van der Waals surface area contributed by atoms with Gasteiger partial charge in [0.15, 0.2) is 0 Å². The Morgan fingerprint density at radius 3 is 3.00 bits per heavy atom. The van der Waals surface area contributed by atoms with E-state index < -0.39 is 0 Å². The van der Waals surface area contributed by atoms with Crippen molar-refractivity contribution < 1.29 is 9.32 Å². The average Bonchev–Trinajstić information content (AvgIpc) is 2.87. The first-order valence-electron chi connectivity index (χ1n) is 6.66. The molecule has 0 bridgehead atoms. The van der Waals surface area contributed by atoms with Gasteiger partial charge in [-0.1, -0.05) is 23.4 Å². The Morgan fingerprint density at radius 1 is 1.45 bits per heavy atom. The first-order chi connectivity index (χ1) is 9.65. The summed E-state index contributed by atoms with van der Waals surface area (Å²) in [6.45, 7) is 2.46. The monoisotopic (exact) mass is 271 g/mol. The van der Waals surface area contributed by atoms with E-state index in [1.807, 2.05) is 38.2 Å². The summed E-state index contributed by atoms with van der Waals surface area (Å²) in [5.74, 6) is 0.916. The molecule has 1 atom stereocenters. The molecule has 1 amide bonds. The van der Waals surface area contributed by atoms with Crippen molar-refractivity contribution in [2.24, 2.45) is 0 Å². The molecule has 0 radical (unpaired) electrons. The minimum absolute atomic E-state index is 0.0203. The fourth-order valence-corrected chi connectivity index (χ4v) is 2.55. The molecule has 2 heterocycles. The summed E-state index contributed by atoms with van der Waals surface area (Å²) in [6, 6.07) is 9.90. The topological polar surface area (TPSA) is 58.4 Å². The van der Waals surface area contributed by atoms with E-state index in [9.17, 15) is 4.79 Å². The summed E-state index contributed by atoms with van der Waals surface area (Å²) in [7, 11) is 1.82. The van der Waals surface area contributed by atoms with Crippen LogP contribution in [0.5, 0.6) is 0 Å². The molecule has 1 aromatic heterocycles. The van der Waals surface area contributed by atoms with Gasteiger partial charge in [0, 0.05) is 37.8 Å². The first kappa shape index (κ1) is 12.9. The van der Waals surface area contributed by atoms with Gasteiger partial charge < -0.3 is 14.7 Å². The highest BCUT2D eigenvalue weighted by Gasteiger charge is 2.28. The van der Waals surface area contributed by atoms with Crippen LogP contribution in [0.2, 0.25) is 0 Å². The maximum absolute atomic E-state index is 12.0. The Kier molecular flexibility index (Phi) is 3.28. The highest BCUT2D eigenvalue weighted by Crippen LogP contribution is 2.33. The Balaban J connectivity index is 1.80. The summed E-state index contributed by atoms with van der Waals surface area (Å²) in [4.78, 5) is 13.8. The number of anilines is 1. The van der Waals surface area contributed by atoms with Crippen LogP contribution in [0.1, 0.15) is 29.5 Å². The van der Waals surface area contributed by atoms with E-state index >= 15 is 0 Å². The molecule has 0 aliphatic carbocycles. The van der Waals surface area contributed by atoms with E-state index in [2.05, 4.69) is 16.5 Å². The number of rotatable bonds is 3. The Labute approximate surface area is 117 Å². The number of carbonyl (C=O) groups is 1. The Morgan fingerprint density at radius 2 is 2.25 bits per heavy atom. The second kappa shape index (κ2) is 5.09. The molecule has 1 aromatic carbocycles. The molecular weight excluding hydrogens is 254 g/mol. The number of hydrogen-bond acceptors (Lipinski definition) is 4. The molecule has 1 N–H and O–H groups in total. The van der Waals surface area contributed by atoms with Crippen LogP contribution in [0.3, 0.4) is 0 Å². The van der Waals surface area contributed by atoms with Crippen LogP contribution < -0.4 is 10.2 Å². The summed E-state index contributed by atoms with van der Waals surface area (Å²) in [6.07, 6.45) is 0.463. The second-order valence-electron chi connectivity index (χ2n) is 5.08. The number of aryl methyl sites for hydroxylation is 1. The van der Waals surface area contributed by atoms with Crippen LogP contribution in [0.25, 0.3) is 0 Å². The summed E-state index contributed by atoms with van der Waals surface area (Å²) >= 11 is 0. The van der Waals surface area contributed by atoms with Gasteiger partial charge in [0.05, 0.1) is 5.69 Å². The van der Waals surface area contributed by atoms with Gasteiger partial charge in [-0.05, 0) is 18.6 Å². The van der Waals surface area contributed by atoms with Crippen molar-refractivity contribution in [3.63, 3.8) is 0 Å². The van der Waals surface area contributed by atoms with E-state index in [0.717, 1.165) is 22.7 Å². The number of carbonyl (C=O) groups excluding carboxylic acids is 1. The highest BCUT2D eigenvalue weighted by molar-refractivity contribution is 5.96. The van der Waals surface area contributed by atoms with Crippen LogP contribution in [0.15, 0.2) is 34.9 Å². The number of nitrogens with one attached hydrogen (secondary N) is 1. The van der Waals surface area contributed by atoms with Crippen molar-refractivity contribution in [1.29, 1.82) is 0 Å². The number of nitrogens with zero attached hydrogens (tertiary/aromatic N) is 2. The number of hydrogen-bond donors (Lipinski definition) is 1. The molecule has 1 aliphatic rings. The Hall–Kier alpha value is -2.14. The normalized spacial score (nSPS) is 18.2. The third-order valence-electron chi connectivity index (χ3n) is 3.63. The van der Waals surface area contributed by atoms with E-state index in [0.29, 0.717) is 13.0 Å². The molecule has 0 fully saturated rings. The molecule has 0 saturated carbocycles. The molecule has 1 unspecified atom stereocenters. The van der Waals surface area contributed by atoms with Gasteiger partial charge in [0.1, 0.15) is 5.76 Å². The Bertz CT molecular complexity index is 636. The van der Waals surface area contributed by atoms with Gasteiger partial charge in [0.2, 0.25) is 5.91 Å². The van der Waals surface area contributed by atoms with Gasteiger partial charge in [-0.3, -0.25) is 4.79 Å². The zero-order valence-corrected chi connectivity index (χ0v) is 11.6. The molecule has 0 saturated heterocycles. The van der Waals surface area contributed by atoms with Crippen LogP contribution in [0, 0.1) is 6.92 Å². The fraction of sp³-hybridized carbons (Fsp3) is 0.333. The van der Waals surface area contributed by atoms with Gasteiger partial charge in [-0.2, -0.15) is 0 Å². The summed E-state index contributed by atoms with van der Waals surface area (Å²) < 4.78 is 5.05. The number of aromatic nitrogens is 1. The predicted octanol–water partition coefficient (Wildman–Crippen LogP) is 2.18. The molecule has 2 aromatic rings. The predicted molar refractivity (Wildman–Crippen MR) is 75.3 cm³/mol. The lowest BCUT2D eigenvalue weighted by molar-refractivity contribution is -0.119. The highest BCUT2D eigenvalue weighted by atomic mass is 16.5. The number of para-hydroxylation sites is 1. The smallest absolute Gasteiger partial charge is 0.228 e. The van der Waals surface area contributed by atoms with Crippen molar-refractivity contribution in [2.45, 2.75) is 25.9 Å². The van der Waals surface area contributed by atoms with Gasteiger partial charge in [-0.25, -0.2) is 0 Å². The standard InChI is InChI=1S/C15H17N3O2/c1-10-7-11(17-20-10)9-16-13-8-15(19)18(2)14-6-4-3-5-12(13)14/h3-7,13,16H,8-9H2,1-2H3. The van der Waals surface area contributed by atoms with Crippen LogP contribution in [-0.2, 0) is 11.3 Å². The van der Waals surface area contributed by atoms with Crippen molar-refractivity contribution >= 4 is 11.6 Å². The lowest BCUT2D eigenvalue weighted by Gasteiger charge is -2.32. The summed E-state index contributed by atoms with van der Waals surface area (Å²) in [5.41, 5.74) is 2.97. The molecule has 3 rings (SSSR count). The van der Waals surface area contributed by atoms with E-state index in [4.69, 9.17) is 4.52 Å². The van der Waals surface area contributed by atoms with Crippen molar-refractivity contribution in [3.8, 4) is 0 Å². The maximum atomic E-state index is 12.0. The van der Waals surface area contributed by atoms with E-state index in [1.165, 1.54) is 0 Å². The molecule has 0 spiro atoms. The molecule has 20 heavy (non-hydrogen) atoms. The largest absolute Gasteiger partial charge is 0.361 e. The minimum atomic E-state index is 0.0203. The number of benzene rings is 1. The quantitative estimate of drug-likeness (QED) is 0.929. The van der Waals surface area contributed by atoms with Crippen LogP contribution >= 0.6 is 0 Å². The van der Waals surface area contributed by atoms with Gasteiger partial charge >= 0.3 is 0 Å². The van der Waals surface area contributed by atoms with Crippen LogP contribution in [-0.4, -0.2) is 18.1 Å². The maximum Gasteiger partial charge on any atom is 0.228 e. The average molecular weight is 271 g/mol. The van der Waals surface area contributed by atoms with E-state index in [-0.39, 0.29) is 11.9 Å². The fourth-order valence-electron chi connectivity index (χ4n) is 2.55. The SMILES string of the molecule is Cc1cc(CNC2CC(=O)N(C)c3ccccc32)no1. The first-order valence-corrected chi connectivity index (χ1v) is 6.66. The van der Waals surface area contributed by atoms with Gasteiger partial charge in [-0.15, -0.1) is 0 Å². The zero-order valence-electron chi connectivity index (χ0n) is 11.6. The van der Waals surface area contributed by atoms with Crippen molar-refractivity contribution in [2.75, 3.05) is 11.9 Å². The molecule has 1 aliphatic heterocycles. The lowest BCUT2D eigenvalue weighted by Crippen LogP contribution is -2.37. The third kappa shape index (κ3) is 2.32. The third-order valence-corrected chi connectivity index (χ3v) is 3.63. The van der Waals surface area contributed by atoms with Crippen molar-refractivity contribution in [1.82, 2.24) is 10.5 Å². The molecule has 5 nitrogen and oxygen atoms in total. The van der Waals surface area contributed by atoms with E-state index in [1.54, 1.807) is 4.90 Å². The van der Waals surface area contributed by atoms with Crippen LogP contribution in [0.4, 0.5) is 5.69 Å². The molecule has 104 valence electrons. The number of amides is 1. The molecular formula is C15H17N3O2. The second-order valence-corrected chi connectivity index (χ2v) is 5.08.